The number of ether oxygens (including phenoxy) is 1. The third-order valence-corrected chi connectivity index (χ3v) is 6.36. The molecule has 3 heterocycles. The molecule has 1 fully saturated rings. The second kappa shape index (κ2) is 9.20. The number of hydrogen-bond donors (Lipinski definition) is 0. The fraction of sp³-hybridized carbons (Fsp3) is 0.346. The molecule has 0 atom stereocenters. The molecule has 9 heteroatoms. The number of amides is 1. The zero-order chi connectivity index (χ0) is 24.6. The second-order valence-electron chi connectivity index (χ2n) is 8.92. The number of carbonyl (C=O) groups is 1. The van der Waals surface area contributed by atoms with Crippen LogP contribution in [-0.4, -0.2) is 40.4 Å². The number of aryl methyl sites for hydroxylation is 1. The van der Waals surface area contributed by atoms with Crippen molar-refractivity contribution < 1.29 is 22.7 Å². The Balaban J connectivity index is 1.46. The Hall–Kier alpha value is -3.62. The van der Waals surface area contributed by atoms with E-state index in [2.05, 4.69) is 4.90 Å². The molecule has 3 aromatic rings. The smallest absolute Gasteiger partial charge is 0.416 e. The van der Waals surface area contributed by atoms with Crippen LogP contribution in [0, 0.1) is 6.92 Å². The van der Waals surface area contributed by atoms with Crippen molar-refractivity contribution in [2.75, 3.05) is 24.5 Å². The van der Waals surface area contributed by atoms with Gasteiger partial charge in [0, 0.05) is 31.6 Å². The molecular weight excluding hydrogens is 457 g/mol. The molecule has 0 aliphatic carbocycles. The monoisotopic (exact) mass is 482 g/mol. The van der Waals surface area contributed by atoms with Crippen LogP contribution in [-0.2, 0) is 19.1 Å². The molecule has 0 spiro atoms. The van der Waals surface area contributed by atoms with Gasteiger partial charge in [0.15, 0.2) is 0 Å². The number of anilines is 1. The lowest BCUT2D eigenvalue weighted by molar-refractivity contribution is -0.137. The number of aromatic nitrogens is 2. The molecule has 1 aromatic heterocycles. The van der Waals surface area contributed by atoms with E-state index in [1.165, 1.54) is 17.0 Å². The summed E-state index contributed by atoms with van der Waals surface area (Å²) in [6.07, 6.45) is -1.89. The summed E-state index contributed by atoms with van der Waals surface area (Å²) in [5.41, 5.74) is 1.73. The van der Waals surface area contributed by atoms with Crippen molar-refractivity contribution in [3.63, 3.8) is 0 Å². The van der Waals surface area contributed by atoms with Gasteiger partial charge >= 0.3 is 6.18 Å². The fourth-order valence-electron chi connectivity index (χ4n) is 4.42. The molecule has 1 saturated heterocycles. The molecule has 0 N–H and O–H groups in total. The quantitative estimate of drug-likeness (QED) is 0.499. The first-order chi connectivity index (χ1) is 16.8. The first kappa shape index (κ1) is 23.1. The lowest BCUT2D eigenvalue weighted by atomic mass is 10.0. The number of rotatable bonds is 4. The van der Waals surface area contributed by atoms with Crippen molar-refractivity contribution >= 4 is 11.9 Å². The third-order valence-electron chi connectivity index (χ3n) is 6.36. The van der Waals surface area contributed by atoms with E-state index in [1.807, 2.05) is 31.2 Å². The molecular formula is C26H25F3N4O2. The molecule has 6 nitrogen and oxygen atoms in total. The normalized spacial score (nSPS) is 15.8. The largest absolute Gasteiger partial charge is 0.438 e. The van der Waals surface area contributed by atoms with E-state index in [-0.39, 0.29) is 12.1 Å². The highest BCUT2D eigenvalue weighted by Crippen LogP contribution is 2.34. The number of halogens is 3. The summed E-state index contributed by atoms with van der Waals surface area (Å²) in [5.74, 6) is 1.14. The molecule has 0 unspecified atom stereocenters. The zero-order valence-corrected chi connectivity index (χ0v) is 19.3. The van der Waals surface area contributed by atoms with Crippen molar-refractivity contribution in [1.82, 2.24) is 14.9 Å². The summed E-state index contributed by atoms with van der Waals surface area (Å²) in [6, 6.07) is 12.1. The maximum absolute atomic E-state index is 13.2. The van der Waals surface area contributed by atoms with Crippen molar-refractivity contribution in [2.45, 2.75) is 38.9 Å². The van der Waals surface area contributed by atoms with Crippen LogP contribution in [0.2, 0.25) is 0 Å². The van der Waals surface area contributed by atoms with E-state index in [4.69, 9.17) is 14.7 Å². The molecule has 0 radical (unpaired) electrons. The van der Waals surface area contributed by atoms with Crippen LogP contribution >= 0.6 is 0 Å². The Kier molecular flexibility index (Phi) is 6.08. The predicted molar refractivity (Wildman–Crippen MR) is 125 cm³/mol. The van der Waals surface area contributed by atoms with E-state index in [0.717, 1.165) is 49.3 Å². The Morgan fingerprint density at radius 1 is 1.00 bits per heavy atom. The van der Waals surface area contributed by atoms with Gasteiger partial charge in [-0.1, -0.05) is 23.8 Å². The number of nitrogens with zero attached hydrogens (tertiary/aromatic N) is 4. The summed E-state index contributed by atoms with van der Waals surface area (Å²) in [5, 5.41) is 0. The Morgan fingerprint density at radius 3 is 2.46 bits per heavy atom. The highest BCUT2D eigenvalue weighted by Gasteiger charge is 2.33. The summed E-state index contributed by atoms with van der Waals surface area (Å²) < 4.78 is 45.6. The van der Waals surface area contributed by atoms with Gasteiger partial charge in [-0.2, -0.15) is 18.2 Å². The predicted octanol–water partition coefficient (Wildman–Crippen LogP) is 5.39. The van der Waals surface area contributed by atoms with Crippen LogP contribution in [0.15, 0.2) is 48.5 Å². The van der Waals surface area contributed by atoms with Crippen molar-refractivity contribution in [2.24, 2.45) is 0 Å². The van der Waals surface area contributed by atoms with Gasteiger partial charge in [-0.15, -0.1) is 0 Å². The molecule has 0 bridgehead atoms. The highest BCUT2D eigenvalue weighted by molar-refractivity contribution is 5.94. The van der Waals surface area contributed by atoms with Crippen LogP contribution in [0.5, 0.6) is 11.6 Å². The maximum atomic E-state index is 13.2. The van der Waals surface area contributed by atoms with E-state index in [9.17, 15) is 18.0 Å². The van der Waals surface area contributed by atoms with Gasteiger partial charge in [0.1, 0.15) is 5.75 Å². The standard InChI is InChI=1S/C26H25F3N4O2/c1-17-7-9-20(10-8-17)35-23-21-16-33(24(34)18-5-4-6-19(15-18)26(27,28)29)14-11-22(21)30-25(31-23)32-12-2-3-13-32/h4-10,15H,2-3,11-14,16H2,1H3. The number of fused-ring (bicyclic) bond motifs is 1. The van der Waals surface area contributed by atoms with Crippen LogP contribution in [0.25, 0.3) is 0 Å². The summed E-state index contributed by atoms with van der Waals surface area (Å²) in [4.78, 5) is 26.3. The third kappa shape index (κ3) is 4.94. The van der Waals surface area contributed by atoms with Crippen molar-refractivity contribution in [3.8, 4) is 11.6 Å². The average molecular weight is 483 g/mol. The number of benzene rings is 2. The van der Waals surface area contributed by atoms with E-state index < -0.39 is 17.6 Å². The molecule has 0 saturated carbocycles. The summed E-state index contributed by atoms with van der Waals surface area (Å²) >= 11 is 0. The zero-order valence-electron chi connectivity index (χ0n) is 19.3. The van der Waals surface area contributed by atoms with Gasteiger partial charge in [0.05, 0.1) is 23.4 Å². The van der Waals surface area contributed by atoms with Crippen molar-refractivity contribution in [1.29, 1.82) is 0 Å². The van der Waals surface area contributed by atoms with Gasteiger partial charge in [-0.25, -0.2) is 4.98 Å². The first-order valence-corrected chi connectivity index (χ1v) is 11.6. The second-order valence-corrected chi connectivity index (χ2v) is 8.92. The van der Waals surface area contributed by atoms with Crippen molar-refractivity contribution in [3.05, 3.63) is 76.5 Å². The first-order valence-electron chi connectivity index (χ1n) is 11.6. The molecule has 35 heavy (non-hydrogen) atoms. The Labute approximate surface area is 201 Å². The lowest BCUT2D eigenvalue weighted by Crippen LogP contribution is -2.37. The van der Waals surface area contributed by atoms with Crippen LogP contribution in [0.3, 0.4) is 0 Å². The maximum Gasteiger partial charge on any atom is 0.416 e. The van der Waals surface area contributed by atoms with Gasteiger partial charge in [-0.3, -0.25) is 4.79 Å². The van der Waals surface area contributed by atoms with Gasteiger partial charge < -0.3 is 14.5 Å². The summed E-state index contributed by atoms with van der Waals surface area (Å²) in [7, 11) is 0. The van der Waals surface area contributed by atoms with E-state index >= 15 is 0 Å². The number of alkyl halides is 3. The van der Waals surface area contributed by atoms with Gasteiger partial charge in [0.2, 0.25) is 11.8 Å². The lowest BCUT2D eigenvalue weighted by Gasteiger charge is -2.30. The van der Waals surface area contributed by atoms with Gasteiger partial charge in [-0.05, 0) is 50.1 Å². The highest BCUT2D eigenvalue weighted by atomic mass is 19.4. The van der Waals surface area contributed by atoms with E-state index in [1.54, 1.807) is 0 Å². The minimum atomic E-state index is -4.51. The van der Waals surface area contributed by atoms with Crippen LogP contribution < -0.4 is 9.64 Å². The molecule has 182 valence electrons. The number of carbonyl (C=O) groups excluding carboxylic acids is 1. The minimum Gasteiger partial charge on any atom is -0.438 e. The Bertz CT molecular complexity index is 1240. The fourth-order valence-corrected chi connectivity index (χ4v) is 4.42. The number of hydrogen-bond acceptors (Lipinski definition) is 5. The SMILES string of the molecule is Cc1ccc(Oc2nc(N3CCCC3)nc3c2CN(C(=O)c2cccc(C(F)(F)F)c2)CC3)cc1. The van der Waals surface area contributed by atoms with Crippen LogP contribution in [0.1, 0.15) is 45.6 Å². The Morgan fingerprint density at radius 2 is 1.74 bits per heavy atom. The molecule has 5 rings (SSSR count). The minimum absolute atomic E-state index is 0.00103. The molecule has 2 aliphatic rings. The topological polar surface area (TPSA) is 58.6 Å². The van der Waals surface area contributed by atoms with Crippen LogP contribution in [0.4, 0.5) is 19.1 Å². The molecule has 2 aliphatic heterocycles. The molecule has 2 aromatic carbocycles. The average Bonchev–Trinajstić information content (AvgIpc) is 3.39. The molecule has 1 amide bonds. The van der Waals surface area contributed by atoms with E-state index in [0.29, 0.717) is 36.1 Å². The van der Waals surface area contributed by atoms with Gasteiger partial charge in [0.25, 0.3) is 5.91 Å². The summed E-state index contributed by atoms with van der Waals surface area (Å²) in [6.45, 7) is 4.25.